The van der Waals surface area contributed by atoms with E-state index in [0.29, 0.717) is 10.4 Å². The van der Waals surface area contributed by atoms with E-state index in [2.05, 4.69) is 11.9 Å². The van der Waals surface area contributed by atoms with Crippen molar-refractivity contribution in [3.8, 4) is 17.0 Å². The van der Waals surface area contributed by atoms with Crippen molar-refractivity contribution in [2.75, 3.05) is 7.11 Å². The summed E-state index contributed by atoms with van der Waals surface area (Å²) < 4.78 is 7.22. The van der Waals surface area contributed by atoms with Crippen LogP contribution in [0.2, 0.25) is 0 Å². The second kappa shape index (κ2) is 7.49. The summed E-state index contributed by atoms with van der Waals surface area (Å²) in [5.74, 6) is 0.602. The number of hydrogen-bond donors (Lipinski definition) is 0. The molecule has 2 aromatic carbocycles. The van der Waals surface area contributed by atoms with E-state index in [0.717, 1.165) is 23.4 Å². The van der Waals surface area contributed by atoms with Crippen molar-refractivity contribution >= 4 is 17.2 Å². The molecule has 0 spiro atoms. The molecule has 0 N–H and O–H groups in total. The predicted octanol–water partition coefficient (Wildman–Crippen LogP) is 4.07. The van der Waals surface area contributed by atoms with Gasteiger partial charge in [-0.25, -0.2) is 0 Å². The molecule has 3 aromatic rings. The van der Waals surface area contributed by atoms with Crippen molar-refractivity contribution in [2.45, 2.75) is 13.3 Å². The van der Waals surface area contributed by atoms with E-state index in [4.69, 9.17) is 4.74 Å². The maximum Gasteiger partial charge on any atom is 0.279 e. The first-order chi connectivity index (χ1) is 12.1. The van der Waals surface area contributed by atoms with Crippen LogP contribution in [0.4, 0.5) is 0 Å². The maximum atomic E-state index is 12.4. The van der Waals surface area contributed by atoms with Crippen LogP contribution in [-0.4, -0.2) is 17.6 Å². The third kappa shape index (κ3) is 3.56. The summed E-state index contributed by atoms with van der Waals surface area (Å²) in [5, 5.41) is 0. The molecule has 0 aliphatic carbocycles. The molecule has 25 heavy (non-hydrogen) atoms. The van der Waals surface area contributed by atoms with Gasteiger partial charge in [0.1, 0.15) is 5.75 Å². The molecule has 0 aliphatic heterocycles. The van der Waals surface area contributed by atoms with Crippen LogP contribution in [0.15, 0.2) is 59.6 Å². The van der Waals surface area contributed by atoms with Gasteiger partial charge >= 0.3 is 0 Å². The van der Waals surface area contributed by atoms with Crippen LogP contribution >= 0.6 is 11.3 Å². The summed E-state index contributed by atoms with van der Waals surface area (Å²) in [6.07, 6.45) is 0.884. The first-order valence-corrected chi connectivity index (χ1v) is 8.93. The van der Waals surface area contributed by atoms with Crippen molar-refractivity contribution < 1.29 is 9.53 Å². The minimum atomic E-state index is -0.221. The quantitative estimate of drug-likeness (QED) is 0.710. The number of amides is 1. The van der Waals surface area contributed by atoms with Crippen molar-refractivity contribution in [1.82, 2.24) is 4.57 Å². The number of aromatic nitrogens is 1. The summed E-state index contributed by atoms with van der Waals surface area (Å²) >= 11 is 1.56. The number of carbonyl (C=O) groups excluding carboxylic acids is 1. The Morgan fingerprint density at radius 1 is 1.12 bits per heavy atom. The fourth-order valence-electron chi connectivity index (χ4n) is 2.68. The Kier molecular flexibility index (Phi) is 5.14. The molecule has 0 aliphatic rings. The summed E-state index contributed by atoms with van der Waals surface area (Å²) in [6.45, 7) is 2.11. The van der Waals surface area contributed by atoms with E-state index in [9.17, 15) is 4.79 Å². The van der Waals surface area contributed by atoms with Crippen LogP contribution in [0, 0.1) is 0 Å². The molecule has 4 nitrogen and oxygen atoms in total. The van der Waals surface area contributed by atoms with Crippen molar-refractivity contribution in [3.05, 3.63) is 69.8 Å². The number of nitrogens with zero attached hydrogens (tertiary/aromatic N) is 2. The lowest BCUT2D eigenvalue weighted by molar-refractivity contribution is 0.0998. The normalized spacial score (nSPS) is 11.6. The Morgan fingerprint density at radius 3 is 2.40 bits per heavy atom. The Labute approximate surface area is 151 Å². The van der Waals surface area contributed by atoms with Crippen LogP contribution in [-0.2, 0) is 13.5 Å². The Bertz CT molecular complexity index is 938. The summed E-state index contributed by atoms with van der Waals surface area (Å²) in [6, 6.07) is 17.1. The molecule has 5 heteroatoms. The number of methoxy groups -OCH3 is 1. The van der Waals surface area contributed by atoms with E-state index < -0.39 is 0 Å². The molecule has 1 heterocycles. The molecule has 0 bridgehead atoms. The number of aryl methyl sites for hydroxylation is 1. The van der Waals surface area contributed by atoms with E-state index in [1.54, 1.807) is 30.6 Å². The van der Waals surface area contributed by atoms with Crippen LogP contribution < -0.4 is 9.54 Å². The SMILES string of the molecule is CCc1sc(=NC(=O)c2ccccc2)n(C)c1-c1ccc(OC)cc1. The highest BCUT2D eigenvalue weighted by Gasteiger charge is 2.13. The lowest BCUT2D eigenvalue weighted by Gasteiger charge is -2.07. The maximum absolute atomic E-state index is 12.4. The molecule has 1 amide bonds. The molecule has 0 radical (unpaired) electrons. The van der Waals surface area contributed by atoms with Gasteiger partial charge in [0, 0.05) is 17.5 Å². The average molecular weight is 352 g/mol. The number of ether oxygens (including phenoxy) is 1. The molecule has 128 valence electrons. The molecule has 0 saturated carbocycles. The van der Waals surface area contributed by atoms with Crippen molar-refractivity contribution in [3.63, 3.8) is 0 Å². The van der Waals surface area contributed by atoms with Crippen LogP contribution in [0.3, 0.4) is 0 Å². The van der Waals surface area contributed by atoms with Gasteiger partial charge in [0.2, 0.25) is 0 Å². The van der Waals surface area contributed by atoms with E-state index in [1.807, 2.05) is 54.1 Å². The lowest BCUT2D eigenvalue weighted by Crippen LogP contribution is -2.14. The first-order valence-electron chi connectivity index (χ1n) is 8.11. The molecule has 0 atom stereocenters. The molecule has 0 saturated heterocycles. The van der Waals surface area contributed by atoms with Crippen molar-refractivity contribution in [2.24, 2.45) is 12.0 Å². The first kappa shape index (κ1) is 17.2. The van der Waals surface area contributed by atoms with Gasteiger partial charge in [0.25, 0.3) is 5.91 Å². The zero-order valence-corrected chi connectivity index (χ0v) is 15.3. The third-order valence-corrected chi connectivity index (χ3v) is 5.28. The zero-order valence-electron chi connectivity index (χ0n) is 14.5. The molecule has 3 rings (SSSR count). The second-order valence-corrected chi connectivity index (χ2v) is 6.64. The van der Waals surface area contributed by atoms with Gasteiger partial charge in [0.05, 0.1) is 12.8 Å². The van der Waals surface area contributed by atoms with Gasteiger partial charge in [-0.3, -0.25) is 4.79 Å². The van der Waals surface area contributed by atoms with Crippen molar-refractivity contribution in [1.29, 1.82) is 0 Å². The smallest absolute Gasteiger partial charge is 0.279 e. The fraction of sp³-hybridized carbons (Fsp3) is 0.200. The summed E-state index contributed by atoms with van der Waals surface area (Å²) in [4.78, 5) is 18.6. The standard InChI is InChI=1S/C20H20N2O2S/c1-4-17-18(14-10-12-16(24-3)13-11-14)22(2)20(25-17)21-19(23)15-8-6-5-7-9-15/h5-13H,4H2,1-3H3. The molecular formula is C20H20N2O2S. The Morgan fingerprint density at radius 2 is 1.80 bits per heavy atom. The minimum absolute atomic E-state index is 0.221. The monoisotopic (exact) mass is 352 g/mol. The lowest BCUT2D eigenvalue weighted by atomic mass is 10.1. The third-order valence-electron chi connectivity index (χ3n) is 4.00. The van der Waals surface area contributed by atoms with Crippen LogP contribution in [0.1, 0.15) is 22.2 Å². The fourth-order valence-corrected chi connectivity index (χ4v) is 3.76. The highest BCUT2D eigenvalue weighted by Crippen LogP contribution is 2.27. The van der Waals surface area contributed by atoms with Gasteiger partial charge in [-0.1, -0.05) is 25.1 Å². The number of hydrogen-bond acceptors (Lipinski definition) is 3. The Balaban J connectivity index is 2.06. The molecule has 1 aromatic heterocycles. The highest BCUT2D eigenvalue weighted by atomic mass is 32.1. The zero-order chi connectivity index (χ0) is 17.8. The minimum Gasteiger partial charge on any atom is -0.497 e. The van der Waals surface area contributed by atoms with E-state index >= 15 is 0 Å². The van der Waals surface area contributed by atoms with Gasteiger partial charge in [-0.05, 0) is 48.4 Å². The number of benzene rings is 2. The largest absolute Gasteiger partial charge is 0.497 e. The highest BCUT2D eigenvalue weighted by molar-refractivity contribution is 7.09. The topological polar surface area (TPSA) is 43.6 Å². The van der Waals surface area contributed by atoms with Gasteiger partial charge in [0.15, 0.2) is 4.80 Å². The van der Waals surface area contributed by atoms with Gasteiger partial charge < -0.3 is 9.30 Å². The average Bonchev–Trinajstić information content (AvgIpc) is 2.98. The number of rotatable bonds is 4. The number of carbonyl (C=O) groups is 1. The van der Waals surface area contributed by atoms with E-state index in [-0.39, 0.29) is 5.91 Å². The van der Waals surface area contributed by atoms with Crippen LogP contribution in [0.5, 0.6) is 5.75 Å². The van der Waals surface area contributed by atoms with Crippen LogP contribution in [0.25, 0.3) is 11.3 Å². The van der Waals surface area contributed by atoms with Gasteiger partial charge in [-0.15, -0.1) is 11.3 Å². The molecule has 0 fully saturated rings. The van der Waals surface area contributed by atoms with E-state index in [1.165, 1.54) is 4.88 Å². The predicted molar refractivity (Wildman–Crippen MR) is 101 cm³/mol. The molecule has 0 unspecified atom stereocenters. The number of thiazole rings is 1. The second-order valence-electron chi connectivity index (χ2n) is 5.58. The van der Waals surface area contributed by atoms with Gasteiger partial charge in [-0.2, -0.15) is 4.99 Å². The Hall–Kier alpha value is -2.66. The summed E-state index contributed by atoms with van der Waals surface area (Å²) in [7, 11) is 3.61. The molecular weight excluding hydrogens is 332 g/mol. The summed E-state index contributed by atoms with van der Waals surface area (Å²) in [5.41, 5.74) is 2.78.